The smallest absolute Gasteiger partial charge is 0.268 e. The van der Waals surface area contributed by atoms with Gasteiger partial charge in [0.1, 0.15) is 17.8 Å². The summed E-state index contributed by atoms with van der Waals surface area (Å²) in [6.07, 6.45) is 4.37. The quantitative estimate of drug-likeness (QED) is 0.488. The molecule has 2 heterocycles. The minimum absolute atomic E-state index is 0.0777. The zero-order chi connectivity index (χ0) is 22.7. The number of nitriles is 1. The van der Waals surface area contributed by atoms with Gasteiger partial charge in [0.05, 0.1) is 16.6 Å². The number of nitrogens with one attached hydrogen (secondary N) is 4. The lowest BCUT2D eigenvalue weighted by atomic mass is 9.92. The van der Waals surface area contributed by atoms with Gasteiger partial charge in [0.15, 0.2) is 0 Å². The van der Waals surface area contributed by atoms with Crippen LogP contribution < -0.4 is 16.0 Å². The van der Waals surface area contributed by atoms with E-state index in [1.54, 1.807) is 18.2 Å². The summed E-state index contributed by atoms with van der Waals surface area (Å²) in [4.78, 5) is 40.9. The van der Waals surface area contributed by atoms with E-state index in [-0.39, 0.29) is 18.2 Å². The van der Waals surface area contributed by atoms with Crippen LogP contribution in [0.1, 0.15) is 49.0 Å². The van der Waals surface area contributed by atoms with Gasteiger partial charge in [-0.25, -0.2) is 0 Å². The molecule has 2 aromatic rings. The third-order valence-corrected chi connectivity index (χ3v) is 6.44. The Hall–Kier alpha value is -3.05. The van der Waals surface area contributed by atoms with Crippen molar-refractivity contribution >= 4 is 40.2 Å². The van der Waals surface area contributed by atoms with E-state index in [1.807, 2.05) is 6.07 Å². The molecule has 1 aromatic carbocycles. The number of para-hydroxylation sites is 1. The van der Waals surface area contributed by atoms with Crippen LogP contribution in [0.5, 0.6) is 0 Å². The van der Waals surface area contributed by atoms with Crippen molar-refractivity contribution in [2.24, 2.45) is 11.8 Å². The lowest BCUT2D eigenvalue weighted by Crippen LogP contribution is -2.50. The summed E-state index contributed by atoms with van der Waals surface area (Å²) in [5.74, 6) is -0.791. The first kappa shape index (κ1) is 22.2. The number of fused-ring (bicyclic) bond motifs is 1. The Morgan fingerprint density at radius 1 is 1.22 bits per heavy atom. The number of hydrogen-bond acceptors (Lipinski definition) is 4. The Morgan fingerprint density at radius 3 is 2.72 bits per heavy atom. The maximum Gasteiger partial charge on any atom is 0.268 e. The summed E-state index contributed by atoms with van der Waals surface area (Å²) in [5, 5.41) is 19.2. The highest BCUT2D eigenvalue weighted by molar-refractivity contribution is 6.35. The summed E-state index contributed by atoms with van der Waals surface area (Å²) in [6, 6.07) is 7.63. The van der Waals surface area contributed by atoms with Crippen LogP contribution in [0, 0.1) is 23.2 Å². The number of aromatic amines is 1. The van der Waals surface area contributed by atoms with E-state index in [4.69, 9.17) is 11.6 Å². The highest BCUT2D eigenvalue weighted by atomic mass is 35.5. The summed E-state index contributed by atoms with van der Waals surface area (Å²) in [5.41, 5.74) is 0.982. The van der Waals surface area contributed by atoms with Crippen LogP contribution in [-0.4, -0.2) is 41.3 Å². The molecular weight excluding hydrogens is 430 g/mol. The molecule has 0 spiro atoms. The molecule has 1 aliphatic heterocycles. The molecule has 9 heteroatoms. The van der Waals surface area contributed by atoms with Crippen molar-refractivity contribution in [1.82, 2.24) is 20.9 Å². The number of carbonyl (C=O) groups excluding carboxylic acids is 3. The first-order valence-electron chi connectivity index (χ1n) is 11.0. The van der Waals surface area contributed by atoms with Gasteiger partial charge in [-0.05, 0) is 43.7 Å². The number of aromatic nitrogens is 1. The lowest BCUT2D eigenvalue weighted by molar-refractivity contribution is -0.128. The van der Waals surface area contributed by atoms with E-state index in [0.29, 0.717) is 41.5 Å². The number of amides is 3. The molecule has 1 aliphatic carbocycles. The SMILES string of the molecule is N#CC(C[C@@H]1CCCNC1=O)NC(=O)C(CC1CC1)NC(=O)c1cc2cccc(Cl)c2[nH]1. The molecule has 168 valence electrons. The van der Waals surface area contributed by atoms with Crippen LogP contribution in [0.25, 0.3) is 10.9 Å². The van der Waals surface area contributed by atoms with Gasteiger partial charge in [0.25, 0.3) is 5.91 Å². The van der Waals surface area contributed by atoms with Crippen molar-refractivity contribution in [3.8, 4) is 6.07 Å². The molecule has 1 saturated carbocycles. The predicted octanol–water partition coefficient (Wildman–Crippen LogP) is 2.64. The van der Waals surface area contributed by atoms with Crippen LogP contribution in [0.15, 0.2) is 24.3 Å². The maximum atomic E-state index is 13.0. The van der Waals surface area contributed by atoms with Crippen molar-refractivity contribution < 1.29 is 14.4 Å². The number of halogens is 1. The standard InChI is InChI=1S/C23H26ClN5O3/c24-17-5-1-3-14-11-19(28-20(14)17)23(32)29-18(9-13-6-7-13)22(31)27-16(12-25)10-15-4-2-8-26-21(15)30/h1,3,5,11,13,15-16,18,28H,2,4,6-10H2,(H,26,30)(H,27,31)(H,29,32)/t15-,16?,18?/m0/s1. The summed E-state index contributed by atoms with van der Waals surface area (Å²) in [6.45, 7) is 0.646. The zero-order valence-corrected chi connectivity index (χ0v) is 18.4. The first-order valence-corrected chi connectivity index (χ1v) is 11.4. The zero-order valence-electron chi connectivity index (χ0n) is 17.6. The van der Waals surface area contributed by atoms with Gasteiger partial charge in [-0.2, -0.15) is 5.26 Å². The van der Waals surface area contributed by atoms with E-state index in [9.17, 15) is 19.6 Å². The summed E-state index contributed by atoms with van der Waals surface area (Å²) < 4.78 is 0. The minimum atomic E-state index is -0.790. The van der Waals surface area contributed by atoms with Crippen LogP contribution in [0.4, 0.5) is 0 Å². The van der Waals surface area contributed by atoms with E-state index in [2.05, 4.69) is 27.0 Å². The predicted molar refractivity (Wildman–Crippen MR) is 120 cm³/mol. The Labute approximate surface area is 191 Å². The molecule has 8 nitrogen and oxygen atoms in total. The van der Waals surface area contributed by atoms with Gasteiger partial charge in [0.2, 0.25) is 11.8 Å². The van der Waals surface area contributed by atoms with Gasteiger partial charge >= 0.3 is 0 Å². The van der Waals surface area contributed by atoms with Crippen molar-refractivity contribution in [1.29, 1.82) is 5.26 Å². The second kappa shape index (κ2) is 9.61. The average molecular weight is 456 g/mol. The molecular formula is C23H26ClN5O3. The van der Waals surface area contributed by atoms with Gasteiger partial charge in [0, 0.05) is 17.8 Å². The molecule has 1 aromatic heterocycles. The monoisotopic (exact) mass is 455 g/mol. The van der Waals surface area contributed by atoms with E-state index in [1.165, 1.54) is 0 Å². The molecule has 4 N–H and O–H groups in total. The Balaban J connectivity index is 1.42. The number of nitrogens with zero attached hydrogens (tertiary/aromatic N) is 1. The molecule has 3 atom stereocenters. The summed E-state index contributed by atoms with van der Waals surface area (Å²) in [7, 11) is 0. The van der Waals surface area contributed by atoms with Crippen molar-refractivity contribution in [3.05, 3.63) is 35.0 Å². The number of benzene rings is 1. The molecule has 0 bridgehead atoms. The third-order valence-electron chi connectivity index (χ3n) is 6.13. The van der Waals surface area contributed by atoms with Crippen molar-refractivity contribution in [2.45, 2.75) is 50.6 Å². The third kappa shape index (κ3) is 5.22. The molecule has 2 aliphatic rings. The van der Waals surface area contributed by atoms with Gasteiger partial charge in [-0.1, -0.05) is 36.6 Å². The summed E-state index contributed by atoms with van der Waals surface area (Å²) >= 11 is 6.19. The van der Waals surface area contributed by atoms with Crippen molar-refractivity contribution in [2.75, 3.05) is 6.54 Å². The largest absolute Gasteiger partial charge is 0.356 e. The molecule has 0 radical (unpaired) electrons. The maximum absolute atomic E-state index is 13.0. The van der Waals surface area contributed by atoms with Crippen LogP contribution in [0.2, 0.25) is 5.02 Å². The van der Waals surface area contributed by atoms with E-state index >= 15 is 0 Å². The van der Waals surface area contributed by atoms with Gasteiger partial charge < -0.3 is 20.9 Å². The van der Waals surface area contributed by atoms with Gasteiger partial charge in [-0.3, -0.25) is 14.4 Å². The number of piperidine rings is 1. The fourth-order valence-electron chi connectivity index (χ4n) is 4.16. The molecule has 2 unspecified atom stereocenters. The fraction of sp³-hybridized carbons (Fsp3) is 0.478. The number of H-pyrrole nitrogens is 1. The Morgan fingerprint density at radius 2 is 2.03 bits per heavy atom. The Bertz CT molecular complexity index is 1070. The number of hydrogen-bond donors (Lipinski definition) is 4. The number of carbonyl (C=O) groups is 3. The van der Waals surface area contributed by atoms with Crippen molar-refractivity contribution in [3.63, 3.8) is 0 Å². The normalized spacial score (nSPS) is 20.1. The van der Waals surface area contributed by atoms with Crippen LogP contribution in [-0.2, 0) is 9.59 Å². The second-order valence-electron chi connectivity index (χ2n) is 8.65. The highest BCUT2D eigenvalue weighted by Gasteiger charge is 2.33. The number of rotatable bonds is 8. The first-order chi connectivity index (χ1) is 15.4. The molecule has 1 saturated heterocycles. The average Bonchev–Trinajstić information content (AvgIpc) is 3.48. The molecule has 4 rings (SSSR count). The van der Waals surface area contributed by atoms with Gasteiger partial charge in [-0.15, -0.1) is 0 Å². The topological polar surface area (TPSA) is 127 Å². The fourth-order valence-corrected chi connectivity index (χ4v) is 4.39. The molecule has 3 amide bonds. The van der Waals surface area contributed by atoms with E-state index < -0.39 is 23.9 Å². The lowest BCUT2D eigenvalue weighted by Gasteiger charge is -2.25. The molecule has 2 fully saturated rings. The van der Waals surface area contributed by atoms with E-state index in [0.717, 1.165) is 24.6 Å². The second-order valence-corrected chi connectivity index (χ2v) is 9.06. The molecule has 32 heavy (non-hydrogen) atoms. The van der Waals surface area contributed by atoms with Crippen LogP contribution >= 0.6 is 11.6 Å². The minimum Gasteiger partial charge on any atom is -0.356 e. The highest BCUT2D eigenvalue weighted by Crippen LogP contribution is 2.33. The van der Waals surface area contributed by atoms with Crippen LogP contribution in [0.3, 0.4) is 0 Å². The Kier molecular flexibility index (Phi) is 6.66.